The SMILES string of the molecule is Cc1nc(B(O)O)no1. The Kier molecular flexibility index (Phi) is 1.50. The molecule has 1 rings (SSSR count). The van der Waals surface area contributed by atoms with Crippen LogP contribution < -0.4 is 5.72 Å². The molecule has 0 saturated heterocycles. The van der Waals surface area contributed by atoms with Gasteiger partial charge in [-0.3, -0.25) is 0 Å². The summed E-state index contributed by atoms with van der Waals surface area (Å²) in [5.74, 6) is 0.318. The van der Waals surface area contributed by atoms with Gasteiger partial charge < -0.3 is 14.6 Å². The first-order chi connectivity index (χ1) is 4.20. The summed E-state index contributed by atoms with van der Waals surface area (Å²) in [7, 11) is -1.64. The Labute approximate surface area is 51.5 Å². The smallest absolute Gasteiger partial charge is 0.421 e. The van der Waals surface area contributed by atoms with Crippen LogP contribution in [0.25, 0.3) is 0 Å². The minimum atomic E-state index is -1.64. The zero-order valence-corrected chi connectivity index (χ0v) is 4.77. The summed E-state index contributed by atoms with van der Waals surface area (Å²) < 4.78 is 4.44. The standard InChI is InChI=1S/C3H5BN2O3/c1-2-5-3(4(7)8)6-9-2/h7-8H,1H3. The van der Waals surface area contributed by atoms with E-state index < -0.39 is 7.12 Å². The summed E-state index contributed by atoms with van der Waals surface area (Å²) in [6, 6.07) is 0. The highest BCUT2D eigenvalue weighted by atomic mass is 16.5. The Morgan fingerprint density at radius 1 is 1.56 bits per heavy atom. The lowest BCUT2D eigenvalue weighted by molar-refractivity contribution is 0.387. The molecule has 0 radical (unpaired) electrons. The maximum Gasteiger partial charge on any atom is 0.532 e. The quantitative estimate of drug-likeness (QED) is 0.430. The second-order valence-corrected chi connectivity index (χ2v) is 1.55. The molecule has 0 aromatic carbocycles. The average Bonchev–Trinajstić information content (AvgIpc) is 2.14. The number of aryl methyl sites for hydroxylation is 1. The normalized spacial score (nSPS) is 9.67. The number of aromatic nitrogens is 2. The van der Waals surface area contributed by atoms with Crippen LogP contribution in [0.15, 0.2) is 4.52 Å². The average molecular weight is 128 g/mol. The highest BCUT2D eigenvalue weighted by Gasteiger charge is 2.17. The van der Waals surface area contributed by atoms with Gasteiger partial charge >= 0.3 is 7.12 Å². The third-order valence-corrected chi connectivity index (χ3v) is 0.774. The van der Waals surface area contributed by atoms with E-state index in [1.807, 2.05) is 0 Å². The van der Waals surface area contributed by atoms with Crippen molar-refractivity contribution in [3.63, 3.8) is 0 Å². The van der Waals surface area contributed by atoms with Crippen molar-refractivity contribution in [2.24, 2.45) is 0 Å². The van der Waals surface area contributed by atoms with Crippen molar-refractivity contribution in [2.45, 2.75) is 6.92 Å². The summed E-state index contributed by atoms with van der Waals surface area (Å²) in [6.45, 7) is 1.57. The molecule has 5 nitrogen and oxygen atoms in total. The number of hydrogen-bond acceptors (Lipinski definition) is 5. The molecule has 0 aliphatic carbocycles. The van der Waals surface area contributed by atoms with Gasteiger partial charge in [0.15, 0.2) is 0 Å². The van der Waals surface area contributed by atoms with Crippen molar-refractivity contribution >= 4 is 12.8 Å². The highest BCUT2D eigenvalue weighted by molar-refractivity contribution is 6.56. The molecule has 0 atom stereocenters. The van der Waals surface area contributed by atoms with E-state index in [4.69, 9.17) is 10.0 Å². The van der Waals surface area contributed by atoms with Gasteiger partial charge in [-0.05, 0) is 0 Å². The van der Waals surface area contributed by atoms with Gasteiger partial charge in [-0.2, -0.15) is 0 Å². The van der Waals surface area contributed by atoms with E-state index in [1.54, 1.807) is 6.92 Å². The molecule has 0 aliphatic heterocycles. The van der Waals surface area contributed by atoms with Crippen LogP contribution in [0, 0.1) is 6.92 Å². The van der Waals surface area contributed by atoms with Crippen molar-refractivity contribution in [1.29, 1.82) is 0 Å². The van der Waals surface area contributed by atoms with Crippen molar-refractivity contribution < 1.29 is 14.6 Å². The molecule has 0 saturated carbocycles. The van der Waals surface area contributed by atoms with E-state index in [0.29, 0.717) is 5.89 Å². The predicted molar refractivity (Wildman–Crippen MR) is 28.9 cm³/mol. The second-order valence-electron chi connectivity index (χ2n) is 1.55. The molecule has 0 fully saturated rings. The van der Waals surface area contributed by atoms with E-state index in [-0.39, 0.29) is 5.72 Å². The summed E-state index contributed by atoms with van der Waals surface area (Å²) in [4.78, 5) is 3.53. The fourth-order valence-corrected chi connectivity index (χ4v) is 0.420. The lowest BCUT2D eigenvalue weighted by atomic mass is 9.91. The van der Waals surface area contributed by atoms with Crippen LogP contribution in [-0.4, -0.2) is 27.3 Å². The third kappa shape index (κ3) is 1.27. The van der Waals surface area contributed by atoms with Gasteiger partial charge in [0.1, 0.15) is 0 Å². The number of hydrogen-bond donors (Lipinski definition) is 2. The van der Waals surface area contributed by atoms with Gasteiger partial charge in [-0.25, -0.2) is 4.98 Å². The van der Waals surface area contributed by atoms with Crippen molar-refractivity contribution in [3.05, 3.63) is 5.89 Å². The molecule has 1 heterocycles. The molecule has 6 heteroatoms. The van der Waals surface area contributed by atoms with E-state index >= 15 is 0 Å². The van der Waals surface area contributed by atoms with Gasteiger partial charge in [0.05, 0.1) is 0 Å². The molecule has 48 valence electrons. The first-order valence-corrected chi connectivity index (χ1v) is 2.36. The third-order valence-electron chi connectivity index (χ3n) is 0.774. The molecule has 0 spiro atoms. The minimum Gasteiger partial charge on any atom is -0.421 e. The van der Waals surface area contributed by atoms with Gasteiger partial charge in [-0.15, -0.1) is 0 Å². The highest BCUT2D eigenvalue weighted by Crippen LogP contribution is 1.82. The van der Waals surface area contributed by atoms with E-state index in [2.05, 4.69) is 14.7 Å². The predicted octanol–water partition coefficient (Wildman–Crippen LogP) is -1.94. The first-order valence-electron chi connectivity index (χ1n) is 2.36. The van der Waals surface area contributed by atoms with Crippen LogP contribution in [0.5, 0.6) is 0 Å². The molecule has 0 aliphatic rings. The first kappa shape index (κ1) is 6.25. The molecular formula is C3H5BN2O3. The Balaban J connectivity index is 2.85. The summed E-state index contributed by atoms with van der Waals surface area (Å²) in [6.07, 6.45) is 0. The van der Waals surface area contributed by atoms with Crippen LogP contribution in [0.4, 0.5) is 0 Å². The monoisotopic (exact) mass is 128 g/mol. The maximum absolute atomic E-state index is 8.41. The lowest BCUT2D eigenvalue weighted by Gasteiger charge is -1.82. The number of nitrogens with zero attached hydrogens (tertiary/aromatic N) is 2. The molecule has 0 amide bonds. The van der Waals surface area contributed by atoms with Crippen LogP contribution in [0.2, 0.25) is 0 Å². The summed E-state index contributed by atoms with van der Waals surface area (Å²) >= 11 is 0. The molecule has 1 aromatic heterocycles. The van der Waals surface area contributed by atoms with Gasteiger partial charge in [0, 0.05) is 6.92 Å². The molecule has 9 heavy (non-hydrogen) atoms. The van der Waals surface area contributed by atoms with Crippen molar-refractivity contribution in [2.75, 3.05) is 0 Å². The molecular weight excluding hydrogens is 123 g/mol. The van der Waals surface area contributed by atoms with Gasteiger partial charge in [-0.1, -0.05) is 5.16 Å². The van der Waals surface area contributed by atoms with Crippen LogP contribution in [0.1, 0.15) is 5.89 Å². The van der Waals surface area contributed by atoms with Crippen LogP contribution in [0.3, 0.4) is 0 Å². The Hall–Kier alpha value is -0.875. The van der Waals surface area contributed by atoms with Crippen molar-refractivity contribution in [3.8, 4) is 0 Å². The van der Waals surface area contributed by atoms with Crippen LogP contribution >= 0.6 is 0 Å². The second kappa shape index (κ2) is 2.16. The fourth-order valence-electron chi connectivity index (χ4n) is 0.420. The number of rotatable bonds is 1. The summed E-state index contributed by atoms with van der Waals surface area (Å²) in [5, 5.41) is 20.0. The van der Waals surface area contributed by atoms with E-state index in [0.717, 1.165) is 0 Å². The molecule has 0 unspecified atom stereocenters. The zero-order valence-electron chi connectivity index (χ0n) is 4.77. The van der Waals surface area contributed by atoms with Crippen molar-refractivity contribution in [1.82, 2.24) is 10.1 Å². The Morgan fingerprint density at radius 2 is 2.22 bits per heavy atom. The van der Waals surface area contributed by atoms with Crippen LogP contribution in [-0.2, 0) is 0 Å². The maximum atomic E-state index is 8.41. The van der Waals surface area contributed by atoms with E-state index in [9.17, 15) is 0 Å². The largest absolute Gasteiger partial charge is 0.532 e. The molecule has 1 aromatic rings. The Bertz CT molecular complexity index is 199. The molecule has 2 N–H and O–H groups in total. The fraction of sp³-hybridized carbons (Fsp3) is 0.333. The molecule has 0 bridgehead atoms. The summed E-state index contributed by atoms with van der Waals surface area (Å²) in [5.41, 5.74) is -0.104. The Morgan fingerprint density at radius 3 is 2.44 bits per heavy atom. The zero-order chi connectivity index (χ0) is 6.85. The van der Waals surface area contributed by atoms with Gasteiger partial charge in [0.25, 0.3) is 0 Å². The topological polar surface area (TPSA) is 79.4 Å². The minimum absolute atomic E-state index is 0.104. The lowest BCUT2D eigenvalue weighted by Crippen LogP contribution is -2.33. The van der Waals surface area contributed by atoms with E-state index in [1.165, 1.54) is 0 Å². The van der Waals surface area contributed by atoms with Gasteiger partial charge in [0.2, 0.25) is 11.6 Å².